The fourth-order valence-corrected chi connectivity index (χ4v) is 3.20. The number of rotatable bonds is 3. The number of aromatic nitrogens is 2. The minimum absolute atomic E-state index is 0.561. The Morgan fingerprint density at radius 2 is 1.95 bits per heavy atom. The highest BCUT2D eigenvalue weighted by atomic mass is 32.1. The maximum absolute atomic E-state index is 5.63. The number of nitrogens with zero attached hydrogens (tertiary/aromatic N) is 3. The number of anilines is 2. The number of benzene rings is 1. The maximum atomic E-state index is 5.63. The van der Waals surface area contributed by atoms with Crippen LogP contribution in [0.5, 0.6) is 0 Å². The summed E-state index contributed by atoms with van der Waals surface area (Å²) in [5.74, 6) is 0.939. The molecule has 0 radical (unpaired) electrons. The lowest BCUT2D eigenvalue weighted by molar-refractivity contribution is 1.06. The van der Waals surface area contributed by atoms with E-state index in [0.717, 1.165) is 27.3 Å². The molecule has 3 rings (SSSR count). The number of hydrogen-bond acceptors (Lipinski definition) is 5. The molecule has 5 heteroatoms. The number of hydrogen-bond donors (Lipinski definition) is 1. The lowest BCUT2D eigenvalue weighted by Crippen LogP contribution is -2.11. The van der Waals surface area contributed by atoms with Crippen LogP contribution < -0.4 is 10.6 Å². The quantitative estimate of drug-likeness (QED) is 0.802. The lowest BCUT2D eigenvalue weighted by Gasteiger charge is -2.19. The van der Waals surface area contributed by atoms with E-state index in [9.17, 15) is 0 Å². The van der Waals surface area contributed by atoms with Gasteiger partial charge in [0.1, 0.15) is 6.33 Å². The zero-order chi connectivity index (χ0) is 14.1. The van der Waals surface area contributed by atoms with Gasteiger partial charge in [-0.3, -0.25) is 0 Å². The largest absolute Gasteiger partial charge is 0.328 e. The molecule has 3 aromatic rings. The van der Waals surface area contributed by atoms with Gasteiger partial charge in [-0.05, 0) is 35.6 Å². The molecular formula is C15H16N4S. The van der Waals surface area contributed by atoms with Crippen LogP contribution in [0.4, 0.5) is 11.5 Å². The van der Waals surface area contributed by atoms with Crippen LogP contribution in [0.1, 0.15) is 11.1 Å². The van der Waals surface area contributed by atoms with Gasteiger partial charge in [0.25, 0.3) is 0 Å². The highest BCUT2D eigenvalue weighted by Crippen LogP contribution is 2.33. The maximum Gasteiger partial charge on any atom is 0.154 e. The minimum atomic E-state index is 0.561. The third-order valence-electron chi connectivity index (χ3n) is 3.39. The van der Waals surface area contributed by atoms with Gasteiger partial charge in [-0.1, -0.05) is 12.1 Å². The molecule has 2 heterocycles. The standard InChI is InChI=1S/C15H16N4S/c1-10-8-20-14-13(10)17-9-18-15(14)19(2)12-5-3-11(7-16)4-6-12/h3-6,8-9H,7,16H2,1-2H3. The molecule has 0 aliphatic carbocycles. The summed E-state index contributed by atoms with van der Waals surface area (Å²) in [6, 6.07) is 8.22. The van der Waals surface area contributed by atoms with Crippen LogP contribution in [0, 0.1) is 6.92 Å². The average molecular weight is 284 g/mol. The first kappa shape index (κ1) is 13.0. The van der Waals surface area contributed by atoms with Crippen LogP contribution in [-0.4, -0.2) is 17.0 Å². The predicted molar refractivity (Wildman–Crippen MR) is 84.5 cm³/mol. The van der Waals surface area contributed by atoms with Gasteiger partial charge >= 0.3 is 0 Å². The fourth-order valence-electron chi connectivity index (χ4n) is 2.17. The Labute approximate surface area is 121 Å². The normalized spacial score (nSPS) is 10.9. The summed E-state index contributed by atoms with van der Waals surface area (Å²) in [5.41, 5.74) is 10.1. The van der Waals surface area contributed by atoms with E-state index in [1.165, 1.54) is 5.56 Å². The van der Waals surface area contributed by atoms with Crippen molar-refractivity contribution in [3.63, 3.8) is 0 Å². The lowest BCUT2D eigenvalue weighted by atomic mass is 10.2. The minimum Gasteiger partial charge on any atom is -0.328 e. The Kier molecular flexibility index (Phi) is 3.38. The first-order chi connectivity index (χ1) is 9.70. The number of fused-ring (bicyclic) bond motifs is 1. The van der Waals surface area contributed by atoms with E-state index in [4.69, 9.17) is 5.73 Å². The predicted octanol–water partition coefficient (Wildman–Crippen LogP) is 3.23. The molecule has 0 atom stereocenters. The van der Waals surface area contributed by atoms with Crippen molar-refractivity contribution in [3.05, 3.63) is 47.1 Å². The first-order valence-electron chi connectivity index (χ1n) is 6.42. The Morgan fingerprint density at radius 3 is 2.65 bits per heavy atom. The molecule has 0 saturated carbocycles. The van der Waals surface area contributed by atoms with Gasteiger partial charge in [0.15, 0.2) is 5.82 Å². The molecule has 0 amide bonds. The van der Waals surface area contributed by atoms with Crippen molar-refractivity contribution >= 4 is 33.1 Å². The zero-order valence-corrected chi connectivity index (χ0v) is 12.3. The number of thiophene rings is 1. The topological polar surface area (TPSA) is 55.0 Å². The molecular weight excluding hydrogens is 268 g/mol. The molecule has 1 aromatic carbocycles. The van der Waals surface area contributed by atoms with E-state index < -0.39 is 0 Å². The summed E-state index contributed by atoms with van der Waals surface area (Å²) in [4.78, 5) is 10.9. The second kappa shape index (κ2) is 5.19. The van der Waals surface area contributed by atoms with Crippen LogP contribution in [0.15, 0.2) is 36.0 Å². The molecule has 0 spiro atoms. The highest BCUT2D eigenvalue weighted by Gasteiger charge is 2.13. The number of nitrogens with two attached hydrogens (primary N) is 1. The summed E-state index contributed by atoms with van der Waals surface area (Å²) in [7, 11) is 2.02. The molecule has 4 nitrogen and oxygen atoms in total. The van der Waals surface area contributed by atoms with E-state index in [2.05, 4.69) is 39.3 Å². The van der Waals surface area contributed by atoms with Crippen molar-refractivity contribution in [3.8, 4) is 0 Å². The van der Waals surface area contributed by atoms with Crippen LogP contribution in [0.2, 0.25) is 0 Å². The molecule has 0 bridgehead atoms. The first-order valence-corrected chi connectivity index (χ1v) is 7.30. The molecule has 0 aliphatic heterocycles. The molecule has 2 aromatic heterocycles. The van der Waals surface area contributed by atoms with Crippen LogP contribution in [0.3, 0.4) is 0 Å². The molecule has 20 heavy (non-hydrogen) atoms. The van der Waals surface area contributed by atoms with Gasteiger partial charge in [-0.25, -0.2) is 9.97 Å². The van der Waals surface area contributed by atoms with E-state index in [1.54, 1.807) is 17.7 Å². The SMILES string of the molecule is Cc1csc2c(N(C)c3ccc(CN)cc3)ncnc12. The summed E-state index contributed by atoms with van der Waals surface area (Å²) < 4.78 is 1.12. The zero-order valence-electron chi connectivity index (χ0n) is 11.5. The molecule has 102 valence electrons. The van der Waals surface area contributed by atoms with Gasteiger partial charge in [0.2, 0.25) is 0 Å². The van der Waals surface area contributed by atoms with Crippen LogP contribution >= 0.6 is 11.3 Å². The van der Waals surface area contributed by atoms with Crippen LogP contribution in [-0.2, 0) is 6.54 Å². The Balaban J connectivity index is 2.05. The summed E-state index contributed by atoms with van der Waals surface area (Å²) in [5, 5.41) is 2.12. The van der Waals surface area contributed by atoms with Crippen molar-refractivity contribution in [1.29, 1.82) is 0 Å². The van der Waals surface area contributed by atoms with Crippen molar-refractivity contribution in [2.45, 2.75) is 13.5 Å². The fraction of sp³-hybridized carbons (Fsp3) is 0.200. The average Bonchev–Trinajstić information content (AvgIpc) is 2.88. The molecule has 0 aliphatic rings. The van der Waals surface area contributed by atoms with Crippen molar-refractivity contribution in [1.82, 2.24) is 9.97 Å². The van der Waals surface area contributed by atoms with Crippen molar-refractivity contribution in [2.75, 3.05) is 11.9 Å². The van der Waals surface area contributed by atoms with Gasteiger partial charge in [0, 0.05) is 19.3 Å². The second-order valence-corrected chi connectivity index (χ2v) is 5.60. The van der Waals surface area contributed by atoms with Gasteiger partial charge in [0.05, 0.1) is 10.2 Å². The second-order valence-electron chi connectivity index (χ2n) is 4.72. The van der Waals surface area contributed by atoms with Gasteiger partial charge in [-0.2, -0.15) is 0 Å². The van der Waals surface area contributed by atoms with Crippen LogP contribution in [0.25, 0.3) is 10.2 Å². The number of aryl methyl sites for hydroxylation is 1. The monoisotopic (exact) mass is 284 g/mol. The molecule has 0 unspecified atom stereocenters. The van der Waals surface area contributed by atoms with Gasteiger partial charge in [-0.15, -0.1) is 11.3 Å². The smallest absolute Gasteiger partial charge is 0.154 e. The summed E-state index contributed by atoms with van der Waals surface area (Å²) in [6.07, 6.45) is 1.63. The van der Waals surface area contributed by atoms with E-state index in [1.807, 2.05) is 19.2 Å². The summed E-state index contributed by atoms with van der Waals surface area (Å²) >= 11 is 1.68. The van der Waals surface area contributed by atoms with E-state index in [-0.39, 0.29) is 0 Å². The third kappa shape index (κ3) is 2.15. The molecule has 0 saturated heterocycles. The van der Waals surface area contributed by atoms with Crippen molar-refractivity contribution in [2.24, 2.45) is 5.73 Å². The van der Waals surface area contributed by atoms with Crippen molar-refractivity contribution < 1.29 is 0 Å². The van der Waals surface area contributed by atoms with E-state index in [0.29, 0.717) is 6.54 Å². The summed E-state index contributed by atoms with van der Waals surface area (Å²) in [6.45, 7) is 2.64. The highest BCUT2D eigenvalue weighted by molar-refractivity contribution is 7.18. The molecule has 0 fully saturated rings. The van der Waals surface area contributed by atoms with Gasteiger partial charge < -0.3 is 10.6 Å². The Hall–Kier alpha value is -1.98. The Morgan fingerprint density at radius 1 is 1.20 bits per heavy atom. The molecule has 2 N–H and O–H groups in total. The Bertz CT molecular complexity index is 733. The van der Waals surface area contributed by atoms with E-state index >= 15 is 0 Å². The third-order valence-corrected chi connectivity index (χ3v) is 4.47.